The molecule has 0 radical (unpaired) electrons. The van der Waals surface area contributed by atoms with E-state index in [9.17, 15) is 48.3 Å². The van der Waals surface area contributed by atoms with Gasteiger partial charge in [-0.25, -0.2) is 4.79 Å². The summed E-state index contributed by atoms with van der Waals surface area (Å²) < 4.78 is 5.63. The number of unbranched alkanes of at least 4 members (excludes halogenated alkanes) is 1. The molecule has 0 aromatic heterocycles. The van der Waals surface area contributed by atoms with Crippen LogP contribution in [0.5, 0.6) is 5.75 Å². The Labute approximate surface area is 446 Å². The Hall–Kier alpha value is -7.78. The Morgan fingerprint density at radius 3 is 1.78 bits per heavy atom. The molecule has 5 atom stereocenters. The maximum absolute atomic E-state index is 13.9. The molecule has 1 aliphatic rings. The summed E-state index contributed by atoms with van der Waals surface area (Å²) in [5, 5.41) is 27.8. The van der Waals surface area contributed by atoms with Crippen molar-refractivity contribution in [1.82, 2.24) is 37.2 Å². The van der Waals surface area contributed by atoms with Gasteiger partial charge >= 0.3 is 6.09 Å². The van der Waals surface area contributed by atoms with Crippen LogP contribution in [0.15, 0.2) is 103 Å². The molecule has 1 aliphatic carbocycles. The van der Waals surface area contributed by atoms with Gasteiger partial charge in [-0.15, -0.1) is 0 Å². The molecular formula is C55H69N9O11S. The Kier molecular flexibility index (Phi) is 23.3. The number of benzene rings is 4. The molecule has 76 heavy (non-hydrogen) atoms. The highest BCUT2D eigenvalue weighted by Gasteiger charge is 2.32. The number of rotatable bonds is 29. The molecular weight excluding hydrogens is 995 g/mol. The number of carbonyl (C=O) groups excluding carboxylic acids is 9. The second-order valence-corrected chi connectivity index (χ2v) is 20.0. The van der Waals surface area contributed by atoms with Gasteiger partial charge in [-0.05, 0) is 84.0 Å². The SMILES string of the molecule is CC(C)C[C@H](NC(=O)[C@H](Cc1ccccc1)NC(=O)CNC(=O)CNC(=O)[C@H](Cc1ccc(O)cc1)NC(=O)[C@H](CCCCNC(=O)OCC1c2ccccc2-c2ccccc21)NC(=O)[C@H](C)N)C(=O)SCCC(N)=O. The third-order valence-corrected chi connectivity index (χ3v) is 13.3. The molecule has 0 saturated heterocycles. The van der Waals surface area contributed by atoms with E-state index in [4.69, 9.17) is 16.2 Å². The molecule has 4 aromatic rings. The number of nitrogens with one attached hydrogen (secondary N) is 7. The lowest BCUT2D eigenvalue weighted by Crippen LogP contribution is -2.56. The third kappa shape index (κ3) is 19.2. The number of hydrogen-bond donors (Lipinski definition) is 10. The Bertz CT molecular complexity index is 2610. The van der Waals surface area contributed by atoms with Crippen LogP contribution >= 0.6 is 11.8 Å². The van der Waals surface area contributed by atoms with Crippen molar-refractivity contribution in [1.29, 1.82) is 0 Å². The average Bonchev–Trinajstić information content (AvgIpc) is 3.73. The summed E-state index contributed by atoms with van der Waals surface area (Å²) in [6.07, 6.45) is 0.448. The second-order valence-electron chi connectivity index (χ2n) is 18.9. The highest BCUT2D eigenvalue weighted by molar-refractivity contribution is 8.13. The molecule has 4 aromatic carbocycles. The monoisotopic (exact) mass is 1060 g/mol. The molecule has 5 rings (SSSR count). The first-order valence-corrected chi connectivity index (χ1v) is 26.2. The van der Waals surface area contributed by atoms with Crippen LogP contribution in [0.1, 0.15) is 81.0 Å². The van der Waals surface area contributed by atoms with Crippen molar-refractivity contribution < 1.29 is 53.0 Å². The van der Waals surface area contributed by atoms with Crippen LogP contribution in [-0.2, 0) is 55.9 Å². The number of thioether (sulfide) groups is 1. The van der Waals surface area contributed by atoms with E-state index >= 15 is 0 Å². The Balaban J connectivity index is 1.15. The van der Waals surface area contributed by atoms with E-state index in [1.165, 1.54) is 19.1 Å². The number of ether oxygens (including phenoxy) is 1. The summed E-state index contributed by atoms with van der Waals surface area (Å²) in [4.78, 5) is 118. The lowest BCUT2D eigenvalue weighted by Gasteiger charge is -2.24. The number of amides is 8. The fourth-order valence-corrected chi connectivity index (χ4v) is 9.24. The van der Waals surface area contributed by atoms with Gasteiger partial charge in [0.25, 0.3) is 0 Å². The van der Waals surface area contributed by atoms with Crippen LogP contribution in [0.2, 0.25) is 0 Å². The molecule has 0 aliphatic heterocycles. The molecule has 20 nitrogen and oxygen atoms in total. The van der Waals surface area contributed by atoms with E-state index in [1.807, 2.05) is 62.4 Å². The minimum absolute atomic E-state index is 0.00461. The van der Waals surface area contributed by atoms with Crippen LogP contribution in [0.3, 0.4) is 0 Å². The van der Waals surface area contributed by atoms with Crippen molar-refractivity contribution in [3.8, 4) is 16.9 Å². The van der Waals surface area contributed by atoms with Gasteiger partial charge in [0.05, 0.1) is 25.2 Å². The molecule has 0 spiro atoms. The predicted molar refractivity (Wildman–Crippen MR) is 287 cm³/mol. The van der Waals surface area contributed by atoms with E-state index in [-0.39, 0.29) is 67.3 Å². The Morgan fingerprint density at radius 1 is 0.605 bits per heavy atom. The number of carbonyl (C=O) groups is 9. The minimum Gasteiger partial charge on any atom is -0.508 e. The summed E-state index contributed by atoms with van der Waals surface area (Å²) in [6, 6.07) is 25.2. The van der Waals surface area contributed by atoms with Crippen LogP contribution in [0.25, 0.3) is 11.1 Å². The fourth-order valence-electron chi connectivity index (χ4n) is 8.38. The highest BCUT2D eigenvalue weighted by Crippen LogP contribution is 2.44. The van der Waals surface area contributed by atoms with Crippen molar-refractivity contribution >= 4 is 64.3 Å². The molecule has 0 bridgehead atoms. The van der Waals surface area contributed by atoms with E-state index in [0.29, 0.717) is 30.4 Å². The lowest BCUT2D eigenvalue weighted by atomic mass is 9.98. The molecule has 0 unspecified atom stereocenters. The number of hydrogen-bond acceptors (Lipinski definition) is 13. The molecule has 0 heterocycles. The zero-order valence-corrected chi connectivity index (χ0v) is 43.8. The van der Waals surface area contributed by atoms with E-state index in [1.54, 1.807) is 42.5 Å². The number of nitrogens with two attached hydrogens (primary N) is 2. The van der Waals surface area contributed by atoms with Gasteiger partial charge in [-0.2, -0.15) is 0 Å². The minimum atomic E-state index is -1.30. The van der Waals surface area contributed by atoms with Crippen LogP contribution in [0.4, 0.5) is 4.79 Å². The number of alkyl carbamates (subject to hydrolysis) is 1. The van der Waals surface area contributed by atoms with Gasteiger partial charge in [0, 0.05) is 37.5 Å². The first kappa shape index (κ1) is 59.1. The molecule has 12 N–H and O–H groups in total. The van der Waals surface area contributed by atoms with Gasteiger partial charge in [0.15, 0.2) is 0 Å². The first-order valence-electron chi connectivity index (χ1n) is 25.2. The summed E-state index contributed by atoms with van der Waals surface area (Å²) >= 11 is 0.878. The molecule has 21 heteroatoms. The second kappa shape index (κ2) is 29.9. The van der Waals surface area contributed by atoms with Crippen LogP contribution < -0.4 is 48.7 Å². The van der Waals surface area contributed by atoms with Crippen molar-refractivity contribution in [2.75, 3.05) is 32.0 Å². The van der Waals surface area contributed by atoms with Gasteiger partial charge in [0.2, 0.25) is 46.5 Å². The van der Waals surface area contributed by atoms with Gasteiger partial charge in [0.1, 0.15) is 30.5 Å². The highest BCUT2D eigenvalue weighted by atomic mass is 32.2. The van der Waals surface area contributed by atoms with Gasteiger partial charge in [-0.3, -0.25) is 38.4 Å². The zero-order valence-electron chi connectivity index (χ0n) is 42.9. The maximum atomic E-state index is 13.9. The lowest BCUT2D eigenvalue weighted by molar-refractivity contribution is -0.133. The van der Waals surface area contributed by atoms with Gasteiger partial charge < -0.3 is 58.5 Å². The maximum Gasteiger partial charge on any atom is 0.407 e. The van der Waals surface area contributed by atoms with E-state index < -0.39 is 90.7 Å². The Morgan fingerprint density at radius 2 is 1.16 bits per heavy atom. The fraction of sp³-hybridized carbons (Fsp3) is 0.400. The van der Waals surface area contributed by atoms with Crippen molar-refractivity contribution in [3.63, 3.8) is 0 Å². The van der Waals surface area contributed by atoms with E-state index in [2.05, 4.69) is 37.2 Å². The largest absolute Gasteiger partial charge is 0.508 e. The standard InChI is InChI=1S/C55H69N9O11S/c1-33(2)27-46(54(73)76-26-24-47(57)66)64-53(72)45(28-35-13-5-4-6-14-35)61-49(68)31-59-48(67)30-60-51(70)44(29-36-20-22-37(65)23-21-36)63-52(71)43(62-50(69)34(3)56)19-11-12-25-58-55(74)75-32-42-40-17-9-7-15-38(40)39-16-8-10-18-41(39)42/h4-10,13-18,20-23,33-34,42-46,65H,11-12,19,24-32,56H2,1-3H3,(H2,57,66)(H,58,74)(H,59,67)(H,60,70)(H,61,68)(H,62,69)(H,63,71)(H,64,72)/t34-,43-,44-,45-,46-/m0/s1. The quantitative estimate of drug-likeness (QED) is 0.0350. The third-order valence-electron chi connectivity index (χ3n) is 12.3. The molecule has 8 amide bonds. The summed E-state index contributed by atoms with van der Waals surface area (Å²) in [5.74, 6) is -4.89. The number of primary amides is 1. The summed E-state index contributed by atoms with van der Waals surface area (Å²) in [5.41, 5.74) is 16.7. The predicted octanol–water partition coefficient (Wildman–Crippen LogP) is 2.59. The van der Waals surface area contributed by atoms with E-state index in [0.717, 1.165) is 34.0 Å². The van der Waals surface area contributed by atoms with Crippen LogP contribution in [-0.4, -0.2) is 120 Å². The van der Waals surface area contributed by atoms with Crippen molar-refractivity contribution in [2.45, 2.75) is 102 Å². The normalized spacial score (nSPS) is 13.5. The van der Waals surface area contributed by atoms with Crippen LogP contribution in [0, 0.1) is 5.92 Å². The van der Waals surface area contributed by atoms with Crippen molar-refractivity contribution in [3.05, 3.63) is 125 Å². The zero-order chi connectivity index (χ0) is 55.1. The number of fused-ring (bicyclic) bond motifs is 3. The molecule has 0 saturated carbocycles. The summed E-state index contributed by atoms with van der Waals surface area (Å²) in [7, 11) is 0. The van der Waals surface area contributed by atoms with Crippen molar-refractivity contribution in [2.24, 2.45) is 17.4 Å². The summed E-state index contributed by atoms with van der Waals surface area (Å²) in [6.45, 7) is 4.32. The number of phenols is 1. The number of phenolic OH excluding ortho intramolecular Hbond substituents is 1. The first-order chi connectivity index (χ1) is 36.4. The topological polar surface area (TPSA) is 319 Å². The average molecular weight is 1060 g/mol. The molecule has 406 valence electrons. The number of aromatic hydroxyl groups is 1. The smallest absolute Gasteiger partial charge is 0.407 e. The van der Waals surface area contributed by atoms with Gasteiger partial charge in [-0.1, -0.05) is 117 Å². The molecule has 0 fully saturated rings.